The fourth-order valence-corrected chi connectivity index (χ4v) is 5.74. The first-order valence-corrected chi connectivity index (χ1v) is 10.5. The van der Waals surface area contributed by atoms with Crippen molar-refractivity contribution in [2.45, 2.75) is 96.8 Å². The van der Waals surface area contributed by atoms with Gasteiger partial charge in [0, 0.05) is 0 Å². The van der Waals surface area contributed by atoms with E-state index in [1.54, 1.807) is 44.9 Å². The highest BCUT2D eigenvalue weighted by Gasteiger charge is 2.30. The lowest BCUT2D eigenvalue weighted by Crippen LogP contribution is -2.23. The normalized spacial score (nSPS) is 37.9. The molecule has 22 heavy (non-hydrogen) atoms. The first-order valence-electron chi connectivity index (χ1n) is 10.5. The van der Waals surface area contributed by atoms with E-state index in [0.717, 1.165) is 29.6 Å². The maximum Gasteiger partial charge on any atom is -0.0233 e. The van der Waals surface area contributed by atoms with E-state index in [0.29, 0.717) is 0 Å². The van der Waals surface area contributed by atoms with Crippen LogP contribution < -0.4 is 0 Å². The molecular formula is C22H38. The van der Waals surface area contributed by atoms with Crippen LogP contribution in [0.5, 0.6) is 0 Å². The van der Waals surface area contributed by atoms with Crippen molar-refractivity contribution in [1.29, 1.82) is 0 Å². The molecule has 126 valence electrons. The molecule has 0 spiro atoms. The first kappa shape index (κ1) is 16.6. The summed E-state index contributed by atoms with van der Waals surface area (Å²) in [7, 11) is 0. The molecule has 0 heterocycles. The predicted molar refractivity (Wildman–Crippen MR) is 96.9 cm³/mol. The molecule has 0 aromatic carbocycles. The fraction of sp³-hybridized carbons (Fsp3) is 0.909. The number of hydrogen-bond donors (Lipinski definition) is 0. The van der Waals surface area contributed by atoms with Crippen LogP contribution in [-0.4, -0.2) is 0 Å². The molecule has 0 amide bonds. The highest BCUT2D eigenvalue weighted by Crippen LogP contribution is 2.43. The van der Waals surface area contributed by atoms with Crippen LogP contribution in [0.4, 0.5) is 0 Å². The molecule has 3 rings (SSSR count). The van der Waals surface area contributed by atoms with Gasteiger partial charge in [0.05, 0.1) is 0 Å². The summed E-state index contributed by atoms with van der Waals surface area (Å²) in [5.41, 5.74) is 0. The van der Waals surface area contributed by atoms with E-state index < -0.39 is 0 Å². The van der Waals surface area contributed by atoms with Gasteiger partial charge >= 0.3 is 0 Å². The summed E-state index contributed by atoms with van der Waals surface area (Å²) >= 11 is 0. The van der Waals surface area contributed by atoms with E-state index in [1.807, 2.05) is 0 Å². The molecule has 3 saturated carbocycles. The molecular weight excluding hydrogens is 264 g/mol. The van der Waals surface area contributed by atoms with Gasteiger partial charge in [0.15, 0.2) is 0 Å². The molecule has 0 radical (unpaired) electrons. The van der Waals surface area contributed by atoms with Crippen molar-refractivity contribution in [3.63, 3.8) is 0 Å². The summed E-state index contributed by atoms with van der Waals surface area (Å²) in [6.45, 7) is 2.25. The fourth-order valence-electron chi connectivity index (χ4n) is 5.74. The van der Waals surface area contributed by atoms with Crippen molar-refractivity contribution in [3.8, 4) is 0 Å². The molecule has 0 heteroatoms. The molecule has 0 atom stereocenters. The molecule has 0 nitrogen and oxygen atoms in total. The quantitative estimate of drug-likeness (QED) is 0.473. The smallest absolute Gasteiger partial charge is 0.0233 e. The van der Waals surface area contributed by atoms with Crippen LogP contribution in [-0.2, 0) is 0 Å². The second kappa shape index (κ2) is 8.55. The lowest BCUT2D eigenvalue weighted by atomic mass is 9.70. The number of hydrogen-bond acceptors (Lipinski definition) is 0. The Morgan fingerprint density at radius 3 is 1.82 bits per heavy atom. The van der Waals surface area contributed by atoms with Gasteiger partial charge in [-0.05, 0) is 81.0 Å². The van der Waals surface area contributed by atoms with Crippen LogP contribution in [0, 0.1) is 29.6 Å². The SMILES string of the molecule is CC/C=C/C1CCC(CC2CCC(C3CCCC3)CC2)CC1. The van der Waals surface area contributed by atoms with Crippen LogP contribution in [0.15, 0.2) is 12.2 Å². The Bertz CT molecular complexity index is 320. The van der Waals surface area contributed by atoms with Gasteiger partial charge < -0.3 is 0 Å². The van der Waals surface area contributed by atoms with Crippen LogP contribution >= 0.6 is 0 Å². The summed E-state index contributed by atoms with van der Waals surface area (Å²) in [6.07, 6.45) is 26.1. The third kappa shape index (κ3) is 4.62. The molecule has 0 saturated heterocycles. The Morgan fingerprint density at radius 2 is 1.23 bits per heavy atom. The molecule has 0 aromatic heterocycles. The van der Waals surface area contributed by atoms with Gasteiger partial charge in [-0.1, -0.05) is 57.6 Å². The van der Waals surface area contributed by atoms with E-state index in [9.17, 15) is 0 Å². The second-order valence-corrected chi connectivity index (χ2v) is 8.68. The third-order valence-corrected chi connectivity index (χ3v) is 7.16. The second-order valence-electron chi connectivity index (χ2n) is 8.68. The molecule has 0 bridgehead atoms. The summed E-state index contributed by atoms with van der Waals surface area (Å²) in [5, 5.41) is 0. The molecule has 0 aromatic rings. The molecule has 3 fully saturated rings. The van der Waals surface area contributed by atoms with Crippen LogP contribution in [0.25, 0.3) is 0 Å². The van der Waals surface area contributed by atoms with E-state index in [4.69, 9.17) is 0 Å². The predicted octanol–water partition coefficient (Wildman–Crippen LogP) is 7.15. The van der Waals surface area contributed by atoms with Gasteiger partial charge in [0.2, 0.25) is 0 Å². The van der Waals surface area contributed by atoms with Crippen LogP contribution in [0.1, 0.15) is 96.8 Å². The van der Waals surface area contributed by atoms with Crippen molar-refractivity contribution >= 4 is 0 Å². The van der Waals surface area contributed by atoms with Crippen molar-refractivity contribution in [3.05, 3.63) is 12.2 Å². The Hall–Kier alpha value is -0.260. The highest BCUT2D eigenvalue weighted by molar-refractivity contribution is 4.91. The lowest BCUT2D eigenvalue weighted by molar-refractivity contribution is 0.169. The minimum absolute atomic E-state index is 0.911. The van der Waals surface area contributed by atoms with Crippen molar-refractivity contribution in [2.75, 3.05) is 0 Å². The van der Waals surface area contributed by atoms with E-state index in [2.05, 4.69) is 19.1 Å². The Morgan fingerprint density at radius 1 is 0.682 bits per heavy atom. The van der Waals surface area contributed by atoms with Gasteiger partial charge in [0.1, 0.15) is 0 Å². The zero-order valence-electron chi connectivity index (χ0n) is 14.9. The van der Waals surface area contributed by atoms with Crippen LogP contribution in [0.2, 0.25) is 0 Å². The van der Waals surface area contributed by atoms with Gasteiger partial charge in [0.25, 0.3) is 0 Å². The molecule has 3 aliphatic carbocycles. The molecule has 0 aliphatic heterocycles. The van der Waals surface area contributed by atoms with E-state index in [1.165, 1.54) is 44.9 Å². The monoisotopic (exact) mass is 302 g/mol. The zero-order valence-corrected chi connectivity index (χ0v) is 14.9. The Labute approximate surface area is 139 Å². The van der Waals surface area contributed by atoms with Gasteiger partial charge in [-0.3, -0.25) is 0 Å². The topological polar surface area (TPSA) is 0 Å². The first-order chi connectivity index (χ1) is 10.8. The van der Waals surface area contributed by atoms with Gasteiger partial charge in [-0.25, -0.2) is 0 Å². The Kier molecular flexibility index (Phi) is 6.45. The van der Waals surface area contributed by atoms with Gasteiger partial charge in [-0.2, -0.15) is 0 Å². The minimum Gasteiger partial charge on any atom is -0.0885 e. The van der Waals surface area contributed by atoms with Crippen LogP contribution in [0.3, 0.4) is 0 Å². The largest absolute Gasteiger partial charge is 0.0885 e. The van der Waals surface area contributed by atoms with Crippen molar-refractivity contribution in [1.82, 2.24) is 0 Å². The highest BCUT2D eigenvalue weighted by atomic mass is 14.4. The molecule has 3 aliphatic rings. The molecule has 0 N–H and O–H groups in total. The summed E-state index contributed by atoms with van der Waals surface area (Å²) < 4.78 is 0. The van der Waals surface area contributed by atoms with E-state index >= 15 is 0 Å². The maximum absolute atomic E-state index is 2.50. The maximum atomic E-state index is 2.50. The van der Waals surface area contributed by atoms with Gasteiger partial charge in [-0.15, -0.1) is 0 Å². The Balaban J connectivity index is 1.34. The average molecular weight is 303 g/mol. The summed E-state index contributed by atoms with van der Waals surface area (Å²) in [6, 6.07) is 0. The average Bonchev–Trinajstić information content (AvgIpc) is 3.09. The lowest BCUT2D eigenvalue weighted by Gasteiger charge is -2.35. The third-order valence-electron chi connectivity index (χ3n) is 7.16. The number of allylic oxidation sites excluding steroid dienone is 2. The van der Waals surface area contributed by atoms with Crippen molar-refractivity contribution < 1.29 is 0 Å². The standard InChI is InChI=1S/C22H38/c1-2-3-6-18-9-11-19(12-10-18)17-20-13-15-22(16-14-20)21-7-4-5-8-21/h3,6,18-22H,2,4-5,7-17H2,1H3/b6-3+. The summed E-state index contributed by atoms with van der Waals surface area (Å²) in [4.78, 5) is 0. The van der Waals surface area contributed by atoms with E-state index in [-0.39, 0.29) is 0 Å². The minimum atomic E-state index is 0.911. The van der Waals surface area contributed by atoms with Crippen molar-refractivity contribution in [2.24, 2.45) is 29.6 Å². The summed E-state index contributed by atoms with van der Waals surface area (Å²) in [5.74, 6) is 5.31. The molecule has 0 unspecified atom stereocenters. The number of rotatable bonds is 5. The zero-order chi connectivity index (χ0) is 15.2.